The first-order valence-electron chi connectivity index (χ1n) is 9.11. The van der Waals surface area contributed by atoms with Crippen molar-refractivity contribution in [3.8, 4) is 0 Å². The molecule has 1 N–H and O–H groups in total. The first kappa shape index (κ1) is 18.2. The maximum atomic E-state index is 12.2. The van der Waals surface area contributed by atoms with Crippen molar-refractivity contribution in [2.45, 2.75) is 82.8 Å². The van der Waals surface area contributed by atoms with Crippen LogP contribution in [-0.4, -0.2) is 37.2 Å². The molecule has 1 spiro atoms. The number of carbonyl (C=O) groups excluding carboxylic acids is 2. The summed E-state index contributed by atoms with van der Waals surface area (Å²) < 4.78 is 11.0. The Morgan fingerprint density at radius 1 is 1.26 bits per heavy atom. The number of amides is 1. The SMILES string of the molecule is CCCCCC(=O)N[C@@H]1CC2(CCCCO2)CC[C@@H]1C(=O)OC. The molecule has 2 aliphatic rings. The van der Waals surface area contributed by atoms with E-state index >= 15 is 0 Å². The van der Waals surface area contributed by atoms with Gasteiger partial charge in [-0.05, 0) is 44.9 Å². The summed E-state index contributed by atoms with van der Waals surface area (Å²) in [5.41, 5.74) is -0.149. The highest BCUT2D eigenvalue weighted by molar-refractivity contribution is 5.78. The highest BCUT2D eigenvalue weighted by atomic mass is 16.5. The van der Waals surface area contributed by atoms with E-state index in [1.54, 1.807) is 0 Å². The Labute approximate surface area is 139 Å². The summed E-state index contributed by atoms with van der Waals surface area (Å²) in [5, 5.41) is 3.09. The molecule has 0 aromatic rings. The molecule has 2 fully saturated rings. The normalized spacial score (nSPS) is 30.9. The molecule has 0 bridgehead atoms. The van der Waals surface area contributed by atoms with Crippen molar-refractivity contribution in [1.82, 2.24) is 5.32 Å². The Balaban J connectivity index is 1.99. The summed E-state index contributed by atoms with van der Waals surface area (Å²) >= 11 is 0. The number of carbonyl (C=O) groups is 2. The summed E-state index contributed by atoms with van der Waals surface area (Å²) in [6.07, 6.45) is 9.24. The summed E-state index contributed by atoms with van der Waals surface area (Å²) in [5.74, 6) is -0.411. The molecule has 0 aromatic carbocycles. The van der Waals surface area contributed by atoms with E-state index in [9.17, 15) is 9.59 Å². The number of hydrogen-bond acceptors (Lipinski definition) is 4. The van der Waals surface area contributed by atoms with E-state index in [0.717, 1.165) is 58.0 Å². The zero-order valence-corrected chi connectivity index (χ0v) is 14.6. The molecule has 2 rings (SSSR count). The largest absolute Gasteiger partial charge is 0.469 e. The third-order valence-electron chi connectivity index (χ3n) is 5.28. The molecule has 1 unspecified atom stereocenters. The minimum atomic E-state index is -0.244. The predicted molar refractivity (Wildman–Crippen MR) is 88.0 cm³/mol. The Morgan fingerprint density at radius 3 is 2.74 bits per heavy atom. The minimum absolute atomic E-state index is 0.0465. The summed E-state index contributed by atoms with van der Waals surface area (Å²) in [6, 6.07) is -0.163. The highest BCUT2D eigenvalue weighted by Crippen LogP contribution is 2.41. The van der Waals surface area contributed by atoms with Gasteiger partial charge in [0.25, 0.3) is 0 Å². The molecule has 3 atom stereocenters. The molecule has 0 radical (unpaired) electrons. The van der Waals surface area contributed by atoms with Crippen LogP contribution in [0.5, 0.6) is 0 Å². The molecular weight excluding hydrogens is 294 g/mol. The van der Waals surface area contributed by atoms with Gasteiger partial charge >= 0.3 is 5.97 Å². The van der Waals surface area contributed by atoms with Gasteiger partial charge in [0.2, 0.25) is 5.91 Å². The van der Waals surface area contributed by atoms with Crippen LogP contribution in [0.25, 0.3) is 0 Å². The van der Waals surface area contributed by atoms with Crippen molar-refractivity contribution in [2.75, 3.05) is 13.7 Å². The molecule has 5 nitrogen and oxygen atoms in total. The molecule has 23 heavy (non-hydrogen) atoms. The smallest absolute Gasteiger partial charge is 0.310 e. The van der Waals surface area contributed by atoms with Crippen molar-refractivity contribution in [3.05, 3.63) is 0 Å². The summed E-state index contributed by atoms with van der Waals surface area (Å²) in [7, 11) is 1.42. The summed E-state index contributed by atoms with van der Waals surface area (Å²) in [4.78, 5) is 24.3. The van der Waals surface area contributed by atoms with E-state index in [1.165, 1.54) is 13.5 Å². The van der Waals surface area contributed by atoms with E-state index in [2.05, 4.69) is 12.2 Å². The standard InChI is InChI=1S/C18H31NO4/c1-3-4-5-8-16(20)19-15-13-18(10-6-7-12-23-18)11-9-14(15)17(21)22-2/h14-15H,3-13H2,1-2H3,(H,19,20)/t14-,15+,18?/m0/s1. The van der Waals surface area contributed by atoms with Crippen LogP contribution in [0.15, 0.2) is 0 Å². The van der Waals surface area contributed by atoms with Gasteiger partial charge in [-0.3, -0.25) is 9.59 Å². The zero-order chi connectivity index (χ0) is 16.7. The number of unbranched alkanes of at least 4 members (excludes halogenated alkanes) is 2. The number of esters is 1. The molecule has 1 heterocycles. The van der Waals surface area contributed by atoms with Crippen molar-refractivity contribution >= 4 is 11.9 Å². The number of hydrogen-bond donors (Lipinski definition) is 1. The van der Waals surface area contributed by atoms with Gasteiger partial charge < -0.3 is 14.8 Å². The van der Waals surface area contributed by atoms with Crippen LogP contribution < -0.4 is 5.32 Å². The third-order valence-corrected chi connectivity index (χ3v) is 5.28. The molecule has 1 aliphatic carbocycles. The lowest BCUT2D eigenvalue weighted by Crippen LogP contribution is -2.54. The van der Waals surface area contributed by atoms with E-state index in [-0.39, 0.29) is 29.4 Å². The molecular formula is C18H31NO4. The van der Waals surface area contributed by atoms with Gasteiger partial charge in [-0.1, -0.05) is 19.8 Å². The van der Waals surface area contributed by atoms with E-state index in [4.69, 9.17) is 9.47 Å². The van der Waals surface area contributed by atoms with Crippen molar-refractivity contribution < 1.29 is 19.1 Å². The Bertz CT molecular complexity index is 404. The maximum Gasteiger partial charge on any atom is 0.310 e. The van der Waals surface area contributed by atoms with Gasteiger partial charge in [0, 0.05) is 19.1 Å². The van der Waals surface area contributed by atoms with Crippen LogP contribution >= 0.6 is 0 Å². The molecule has 1 amide bonds. The second kappa shape index (κ2) is 8.67. The fourth-order valence-electron chi connectivity index (χ4n) is 3.93. The second-order valence-corrected chi connectivity index (χ2v) is 6.99. The number of methoxy groups -OCH3 is 1. The topological polar surface area (TPSA) is 64.6 Å². The van der Waals surface area contributed by atoms with Gasteiger partial charge in [0.15, 0.2) is 0 Å². The van der Waals surface area contributed by atoms with E-state index in [0.29, 0.717) is 6.42 Å². The van der Waals surface area contributed by atoms with Gasteiger partial charge in [-0.2, -0.15) is 0 Å². The molecule has 5 heteroatoms. The highest BCUT2D eigenvalue weighted by Gasteiger charge is 2.45. The first-order valence-corrected chi connectivity index (χ1v) is 9.11. The number of rotatable bonds is 6. The molecule has 132 valence electrons. The van der Waals surface area contributed by atoms with Crippen molar-refractivity contribution in [2.24, 2.45) is 5.92 Å². The van der Waals surface area contributed by atoms with E-state index < -0.39 is 0 Å². The Morgan fingerprint density at radius 2 is 2.09 bits per heavy atom. The summed E-state index contributed by atoms with van der Waals surface area (Å²) in [6.45, 7) is 2.91. The quantitative estimate of drug-likeness (QED) is 0.602. The lowest BCUT2D eigenvalue weighted by Gasteiger charge is -2.45. The molecule has 1 saturated heterocycles. The molecule has 1 aliphatic heterocycles. The molecule has 0 aromatic heterocycles. The van der Waals surface area contributed by atoms with Gasteiger partial charge in [0.1, 0.15) is 0 Å². The van der Waals surface area contributed by atoms with Crippen molar-refractivity contribution in [3.63, 3.8) is 0 Å². The fraction of sp³-hybridized carbons (Fsp3) is 0.889. The van der Waals surface area contributed by atoms with Crippen LogP contribution in [0, 0.1) is 5.92 Å². The Kier molecular flexibility index (Phi) is 6.88. The third kappa shape index (κ3) is 4.93. The lowest BCUT2D eigenvalue weighted by atomic mass is 9.72. The Hall–Kier alpha value is -1.10. The van der Waals surface area contributed by atoms with E-state index in [1.807, 2.05) is 0 Å². The average molecular weight is 325 g/mol. The van der Waals surface area contributed by atoms with Crippen LogP contribution in [0.4, 0.5) is 0 Å². The van der Waals surface area contributed by atoms with Crippen LogP contribution in [-0.2, 0) is 19.1 Å². The zero-order valence-electron chi connectivity index (χ0n) is 14.6. The average Bonchev–Trinajstić information content (AvgIpc) is 2.55. The monoisotopic (exact) mass is 325 g/mol. The number of nitrogens with one attached hydrogen (secondary N) is 1. The fourth-order valence-corrected chi connectivity index (χ4v) is 3.93. The minimum Gasteiger partial charge on any atom is -0.469 e. The van der Waals surface area contributed by atoms with Gasteiger partial charge in [-0.25, -0.2) is 0 Å². The molecule has 1 saturated carbocycles. The van der Waals surface area contributed by atoms with Crippen molar-refractivity contribution in [1.29, 1.82) is 0 Å². The lowest BCUT2D eigenvalue weighted by molar-refractivity contribution is -0.155. The number of ether oxygens (including phenoxy) is 2. The van der Waals surface area contributed by atoms with Crippen LogP contribution in [0.2, 0.25) is 0 Å². The first-order chi connectivity index (χ1) is 11.1. The van der Waals surface area contributed by atoms with Crippen LogP contribution in [0.1, 0.15) is 71.1 Å². The van der Waals surface area contributed by atoms with Crippen LogP contribution in [0.3, 0.4) is 0 Å². The maximum absolute atomic E-state index is 12.2. The van der Waals surface area contributed by atoms with Gasteiger partial charge in [-0.15, -0.1) is 0 Å². The predicted octanol–water partition coefficient (Wildman–Crippen LogP) is 2.96. The second-order valence-electron chi connectivity index (χ2n) is 6.99. The van der Waals surface area contributed by atoms with Gasteiger partial charge in [0.05, 0.1) is 18.6 Å².